The highest BCUT2D eigenvalue weighted by atomic mass is 16.2. The Labute approximate surface area is 108 Å². The number of carbonyl (C=O) groups excluding carboxylic acids is 1. The molecule has 2 rings (SSSR count). The van der Waals surface area contributed by atoms with Gasteiger partial charge in [0.05, 0.1) is 17.9 Å². The summed E-state index contributed by atoms with van der Waals surface area (Å²) < 4.78 is 0. The number of hydrogen-bond donors (Lipinski definition) is 1. The van der Waals surface area contributed by atoms with Crippen LogP contribution in [0.15, 0.2) is 12.1 Å². The zero-order valence-electron chi connectivity index (χ0n) is 11.0. The first-order valence-corrected chi connectivity index (χ1v) is 6.30. The molecule has 0 bridgehead atoms. The van der Waals surface area contributed by atoms with E-state index < -0.39 is 0 Å². The number of hydrogen-bond acceptors (Lipinski definition) is 4. The number of carbonyl (C=O) groups is 1. The highest BCUT2D eigenvalue weighted by Gasteiger charge is 2.19. The van der Waals surface area contributed by atoms with E-state index in [9.17, 15) is 4.79 Å². The van der Waals surface area contributed by atoms with Crippen LogP contribution in [0.5, 0.6) is 0 Å². The molecule has 0 spiro atoms. The molecule has 0 saturated carbocycles. The number of likely N-dealkylation sites (N-methyl/N-ethyl adjacent to an activating group) is 1. The number of likely N-dealkylation sites (tertiary alicyclic amines) is 1. The van der Waals surface area contributed by atoms with Gasteiger partial charge in [0.2, 0.25) is 5.91 Å². The molecular formula is C13H20N4O. The van der Waals surface area contributed by atoms with Crippen molar-refractivity contribution in [3.05, 3.63) is 17.8 Å². The molecule has 5 nitrogen and oxygen atoms in total. The minimum Gasteiger partial charge on any atom is -0.397 e. The van der Waals surface area contributed by atoms with Gasteiger partial charge in [-0.05, 0) is 31.9 Å². The van der Waals surface area contributed by atoms with Gasteiger partial charge in [-0.2, -0.15) is 0 Å². The third-order valence-corrected chi connectivity index (χ3v) is 3.33. The average molecular weight is 248 g/mol. The third-order valence-electron chi connectivity index (χ3n) is 3.33. The summed E-state index contributed by atoms with van der Waals surface area (Å²) >= 11 is 0. The van der Waals surface area contributed by atoms with Crippen molar-refractivity contribution in [3.63, 3.8) is 0 Å². The minimum atomic E-state index is 0.172. The van der Waals surface area contributed by atoms with E-state index in [1.54, 1.807) is 0 Å². The molecule has 0 aromatic carbocycles. The van der Waals surface area contributed by atoms with Gasteiger partial charge in [-0.15, -0.1) is 0 Å². The summed E-state index contributed by atoms with van der Waals surface area (Å²) in [5.41, 5.74) is 7.21. The van der Waals surface area contributed by atoms with E-state index in [4.69, 9.17) is 5.73 Å². The lowest BCUT2D eigenvalue weighted by molar-refractivity contribution is -0.128. The summed E-state index contributed by atoms with van der Waals surface area (Å²) in [6.45, 7) is 4.02. The van der Waals surface area contributed by atoms with Gasteiger partial charge < -0.3 is 15.5 Å². The van der Waals surface area contributed by atoms with Crippen LogP contribution in [0.3, 0.4) is 0 Å². The van der Waals surface area contributed by atoms with E-state index >= 15 is 0 Å². The molecule has 0 radical (unpaired) electrons. The lowest BCUT2D eigenvalue weighted by Gasteiger charge is -2.22. The molecule has 1 aromatic rings. The van der Waals surface area contributed by atoms with Gasteiger partial charge in [-0.25, -0.2) is 4.98 Å². The second-order valence-electron chi connectivity index (χ2n) is 4.79. The molecule has 1 aromatic heterocycles. The molecule has 98 valence electrons. The van der Waals surface area contributed by atoms with Gasteiger partial charge in [0.25, 0.3) is 0 Å². The summed E-state index contributed by atoms with van der Waals surface area (Å²) in [5.74, 6) is 0.959. The number of aromatic nitrogens is 1. The summed E-state index contributed by atoms with van der Waals surface area (Å²) in [6, 6.07) is 3.67. The van der Waals surface area contributed by atoms with Gasteiger partial charge >= 0.3 is 0 Å². The maximum Gasteiger partial charge on any atom is 0.242 e. The van der Waals surface area contributed by atoms with Crippen LogP contribution in [0.2, 0.25) is 0 Å². The van der Waals surface area contributed by atoms with Gasteiger partial charge in [-0.1, -0.05) is 0 Å². The maximum absolute atomic E-state index is 12.0. The molecule has 0 atom stereocenters. The average Bonchev–Trinajstić information content (AvgIpc) is 2.86. The zero-order chi connectivity index (χ0) is 13.1. The van der Waals surface area contributed by atoms with Crippen molar-refractivity contribution in [2.45, 2.75) is 19.8 Å². The normalized spacial score (nSPS) is 14.9. The van der Waals surface area contributed by atoms with Gasteiger partial charge in [0, 0.05) is 20.1 Å². The standard InChI is InChI=1S/C13H20N4O/c1-10-11(14)5-6-12(15-10)16(2)9-13(18)17-7-3-4-8-17/h5-6H,3-4,7-9,14H2,1-2H3. The first-order valence-electron chi connectivity index (χ1n) is 6.30. The summed E-state index contributed by atoms with van der Waals surface area (Å²) in [6.07, 6.45) is 2.24. The molecular weight excluding hydrogens is 228 g/mol. The lowest BCUT2D eigenvalue weighted by atomic mass is 10.3. The number of anilines is 2. The Kier molecular flexibility index (Phi) is 3.69. The number of rotatable bonds is 3. The number of nitrogens with zero attached hydrogens (tertiary/aromatic N) is 3. The predicted molar refractivity (Wildman–Crippen MR) is 72.5 cm³/mol. The van der Waals surface area contributed by atoms with Crippen molar-refractivity contribution in [2.75, 3.05) is 37.3 Å². The van der Waals surface area contributed by atoms with Crippen LogP contribution >= 0.6 is 0 Å². The fraction of sp³-hybridized carbons (Fsp3) is 0.538. The first kappa shape index (κ1) is 12.7. The monoisotopic (exact) mass is 248 g/mol. The van der Waals surface area contributed by atoms with Crippen molar-refractivity contribution in [1.82, 2.24) is 9.88 Å². The second kappa shape index (κ2) is 5.25. The van der Waals surface area contributed by atoms with E-state index in [0.29, 0.717) is 12.2 Å². The Morgan fingerprint density at radius 2 is 2.11 bits per heavy atom. The topological polar surface area (TPSA) is 62.5 Å². The molecule has 2 heterocycles. The van der Waals surface area contributed by atoms with Crippen LogP contribution in [-0.4, -0.2) is 42.5 Å². The molecule has 18 heavy (non-hydrogen) atoms. The Morgan fingerprint density at radius 1 is 1.44 bits per heavy atom. The fourth-order valence-corrected chi connectivity index (χ4v) is 2.12. The quantitative estimate of drug-likeness (QED) is 0.868. The zero-order valence-corrected chi connectivity index (χ0v) is 11.0. The van der Waals surface area contributed by atoms with Gasteiger partial charge in [0.15, 0.2) is 0 Å². The fourth-order valence-electron chi connectivity index (χ4n) is 2.12. The Bertz CT molecular complexity index is 441. The third kappa shape index (κ3) is 2.72. The predicted octanol–water partition coefficient (Wildman–Crippen LogP) is 1.03. The van der Waals surface area contributed by atoms with Crippen molar-refractivity contribution in [2.24, 2.45) is 0 Å². The van der Waals surface area contributed by atoms with Crippen molar-refractivity contribution >= 4 is 17.4 Å². The highest BCUT2D eigenvalue weighted by molar-refractivity contribution is 5.81. The molecule has 5 heteroatoms. The SMILES string of the molecule is Cc1nc(N(C)CC(=O)N2CCCC2)ccc1N. The smallest absolute Gasteiger partial charge is 0.242 e. The van der Waals surface area contributed by atoms with Crippen molar-refractivity contribution in [3.8, 4) is 0 Å². The summed E-state index contributed by atoms with van der Waals surface area (Å²) in [4.78, 5) is 20.2. The molecule has 0 unspecified atom stereocenters. The highest BCUT2D eigenvalue weighted by Crippen LogP contribution is 2.15. The Morgan fingerprint density at radius 3 is 2.72 bits per heavy atom. The molecule has 0 aliphatic carbocycles. The van der Waals surface area contributed by atoms with Crippen LogP contribution < -0.4 is 10.6 Å². The van der Waals surface area contributed by atoms with Crippen molar-refractivity contribution in [1.29, 1.82) is 0 Å². The van der Waals surface area contributed by atoms with E-state index in [1.807, 2.05) is 35.9 Å². The van der Waals surface area contributed by atoms with Crippen molar-refractivity contribution < 1.29 is 4.79 Å². The molecule has 1 aliphatic heterocycles. The number of amides is 1. The number of nitrogens with two attached hydrogens (primary N) is 1. The molecule has 1 amide bonds. The first-order chi connectivity index (χ1) is 8.58. The summed E-state index contributed by atoms with van der Waals surface area (Å²) in [5, 5.41) is 0. The summed E-state index contributed by atoms with van der Waals surface area (Å²) in [7, 11) is 1.88. The molecule has 1 fully saturated rings. The van der Waals surface area contributed by atoms with Crippen LogP contribution in [-0.2, 0) is 4.79 Å². The number of nitrogen functional groups attached to an aromatic ring is 1. The Hall–Kier alpha value is -1.78. The van der Waals surface area contributed by atoms with E-state index in [0.717, 1.165) is 37.4 Å². The largest absolute Gasteiger partial charge is 0.397 e. The minimum absolute atomic E-state index is 0.172. The van der Waals surface area contributed by atoms with Crippen LogP contribution in [0.1, 0.15) is 18.5 Å². The molecule has 1 saturated heterocycles. The van der Waals surface area contributed by atoms with E-state index in [2.05, 4.69) is 4.98 Å². The lowest BCUT2D eigenvalue weighted by Crippen LogP contribution is -2.37. The second-order valence-corrected chi connectivity index (χ2v) is 4.79. The van der Waals surface area contributed by atoms with E-state index in [-0.39, 0.29) is 5.91 Å². The van der Waals surface area contributed by atoms with Crippen LogP contribution in [0.25, 0.3) is 0 Å². The van der Waals surface area contributed by atoms with Gasteiger partial charge in [0.1, 0.15) is 5.82 Å². The molecule has 2 N–H and O–H groups in total. The van der Waals surface area contributed by atoms with Crippen LogP contribution in [0.4, 0.5) is 11.5 Å². The van der Waals surface area contributed by atoms with E-state index in [1.165, 1.54) is 0 Å². The Balaban J connectivity index is 2.00. The number of aryl methyl sites for hydroxylation is 1. The number of pyridine rings is 1. The van der Waals surface area contributed by atoms with Crippen LogP contribution in [0, 0.1) is 6.92 Å². The maximum atomic E-state index is 12.0. The van der Waals surface area contributed by atoms with Gasteiger partial charge in [-0.3, -0.25) is 4.79 Å². The molecule has 1 aliphatic rings.